The van der Waals surface area contributed by atoms with E-state index in [2.05, 4.69) is 6.92 Å². The predicted octanol–water partition coefficient (Wildman–Crippen LogP) is 3.22. The number of ether oxygens (including phenoxy) is 1. The Balaban J connectivity index is 3.05. The summed E-state index contributed by atoms with van der Waals surface area (Å²) in [5, 5.41) is 1.10. The molecule has 0 saturated carbocycles. The molecule has 0 aliphatic heterocycles. The van der Waals surface area contributed by atoms with Crippen molar-refractivity contribution in [2.75, 3.05) is 7.11 Å². The molecule has 3 heteroatoms. The SMILES string of the molecule is CCc1ccc(C(=S)OC)c(Cl)c1. The maximum atomic E-state index is 6.01. The largest absolute Gasteiger partial charge is 0.486 e. The van der Waals surface area contributed by atoms with Crippen LogP contribution in [-0.2, 0) is 11.2 Å². The van der Waals surface area contributed by atoms with Crippen molar-refractivity contribution < 1.29 is 4.74 Å². The zero-order valence-electron chi connectivity index (χ0n) is 7.63. The lowest BCUT2D eigenvalue weighted by Crippen LogP contribution is -2.00. The highest BCUT2D eigenvalue weighted by molar-refractivity contribution is 7.80. The molecule has 0 unspecified atom stereocenters. The maximum absolute atomic E-state index is 6.01. The lowest BCUT2D eigenvalue weighted by atomic mass is 10.1. The number of hydrogen-bond acceptors (Lipinski definition) is 2. The first kappa shape index (κ1) is 10.5. The lowest BCUT2D eigenvalue weighted by Gasteiger charge is -2.05. The molecule has 0 saturated heterocycles. The van der Waals surface area contributed by atoms with E-state index in [1.807, 2.05) is 18.2 Å². The molecule has 0 aromatic heterocycles. The van der Waals surface area contributed by atoms with Crippen LogP contribution in [0.4, 0.5) is 0 Å². The fourth-order valence-corrected chi connectivity index (χ4v) is 1.58. The molecule has 0 atom stereocenters. The van der Waals surface area contributed by atoms with Crippen LogP contribution in [0, 0.1) is 0 Å². The first-order valence-electron chi connectivity index (χ1n) is 4.05. The summed E-state index contributed by atoms with van der Waals surface area (Å²) < 4.78 is 4.94. The number of thiocarbonyl (C=S) groups is 1. The predicted molar refractivity (Wildman–Crippen MR) is 59.5 cm³/mol. The summed E-state index contributed by atoms with van der Waals surface area (Å²) in [5.41, 5.74) is 1.99. The zero-order chi connectivity index (χ0) is 9.84. The van der Waals surface area contributed by atoms with Crippen LogP contribution < -0.4 is 0 Å². The van der Waals surface area contributed by atoms with Gasteiger partial charge in [-0.1, -0.05) is 24.6 Å². The van der Waals surface area contributed by atoms with Gasteiger partial charge in [-0.25, -0.2) is 0 Å². The van der Waals surface area contributed by atoms with Crippen molar-refractivity contribution in [3.05, 3.63) is 34.3 Å². The molecule has 1 rings (SSSR count). The van der Waals surface area contributed by atoms with E-state index in [1.165, 1.54) is 5.56 Å². The second-order valence-electron chi connectivity index (χ2n) is 2.66. The Morgan fingerprint density at radius 1 is 1.54 bits per heavy atom. The van der Waals surface area contributed by atoms with Crippen molar-refractivity contribution in [2.24, 2.45) is 0 Å². The van der Waals surface area contributed by atoms with Crippen LogP contribution in [0.3, 0.4) is 0 Å². The Morgan fingerprint density at radius 2 is 2.23 bits per heavy atom. The third kappa shape index (κ3) is 2.42. The molecular formula is C10H11ClOS. The van der Waals surface area contributed by atoms with Crippen molar-refractivity contribution in [2.45, 2.75) is 13.3 Å². The van der Waals surface area contributed by atoms with Gasteiger partial charge in [0.1, 0.15) is 0 Å². The highest BCUT2D eigenvalue weighted by Crippen LogP contribution is 2.19. The summed E-state index contributed by atoms with van der Waals surface area (Å²) in [6, 6.07) is 5.82. The van der Waals surface area contributed by atoms with Gasteiger partial charge in [-0.2, -0.15) is 0 Å². The van der Waals surface area contributed by atoms with Crippen LogP contribution in [0.1, 0.15) is 18.1 Å². The average Bonchev–Trinajstić information content (AvgIpc) is 2.16. The van der Waals surface area contributed by atoms with E-state index < -0.39 is 0 Å². The van der Waals surface area contributed by atoms with Gasteiger partial charge in [-0.15, -0.1) is 0 Å². The highest BCUT2D eigenvalue weighted by atomic mass is 35.5. The van der Waals surface area contributed by atoms with Gasteiger partial charge in [0.25, 0.3) is 0 Å². The molecule has 0 bridgehead atoms. The summed E-state index contributed by atoms with van der Waals surface area (Å²) in [6.45, 7) is 2.08. The van der Waals surface area contributed by atoms with Gasteiger partial charge in [0.2, 0.25) is 0 Å². The molecule has 0 aliphatic carbocycles. The number of methoxy groups -OCH3 is 1. The second kappa shape index (κ2) is 4.58. The molecule has 70 valence electrons. The Labute approximate surface area is 88.7 Å². The topological polar surface area (TPSA) is 9.23 Å². The van der Waals surface area contributed by atoms with E-state index in [-0.39, 0.29) is 0 Å². The molecule has 0 N–H and O–H groups in total. The van der Waals surface area contributed by atoms with Crippen molar-refractivity contribution in [3.8, 4) is 0 Å². The van der Waals surface area contributed by atoms with E-state index >= 15 is 0 Å². The van der Waals surface area contributed by atoms with Crippen molar-refractivity contribution >= 4 is 28.9 Å². The van der Waals surface area contributed by atoms with Gasteiger partial charge >= 0.3 is 0 Å². The maximum Gasteiger partial charge on any atom is 0.192 e. The summed E-state index contributed by atoms with van der Waals surface area (Å²) in [4.78, 5) is 0. The Bertz CT molecular complexity index is 323. The Hall–Kier alpha value is -0.600. The van der Waals surface area contributed by atoms with Crippen molar-refractivity contribution in [1.29, 1.82) is 0 Å². The molecule has 0 amide bonds. The van der Waals surface area contributed by atoms with E-state index in [0.29, 0.717) is 10.1 Å². The van der Waals surface area contributed by atoms with Crippen LogP contribution in [0.25, 0.3) is 0 Å². The summed E-state index contributed by atoms with van der Waals surface area (Å²) in [7, 11) is 1.55. The fraction of sp³-hybridized carbons (Fsp3) is 0.300. The van der Waals surface area contributed by atoms with Crippen LogP contribution in [-0.4, -0.2) is 12.2 Å². The summed E-state index contributed by atoms with van der Waals surface area (Å²) in [6.07, 6.45) is 0.972. The molecule has 13 heavy (non-hydrogen) atoms. The van der Waals surface area contributed by atoms with Gasteiger partial charge in [0.15, 0.2) is 5.05 Å². The molecule has 1 aromatic rings. The van der Waals surface area contributed by atoms with Gasteiger partial charge in [0.05, 0.1) is 12.1 Å². The van der Waals surface area contributed by atoms with Crippen molar-refractivity contribution in [1.82, 2.24) is 0 Å². The molecule has 0 fully saturated rings. The Kier molecular flexibility index (Phi) is 3.70. The standard InChI is InChI=1S/C10H11ClOS/c1-3-7-4-5-8(9(11)6-7)10(13)12-2/h4-6H,3H2,1-2H3. The third-order valence-electron chi connectivity index (χ3n) is 1.85. The van der Waals surface area contributed by atoms with Gasteiger partial charge < -0.3 is 4.74 Å². The second-order valence-corrected chi connectivity index (χ2v) is 3.44. The number of hydrogen-bond donors (Lipinski definition) is 0. The number of rotatable bonds is 2. The molecule has 1 nitrogen and oxygen atoms in total. The average molecular weight is 215 g/mol. The lowest BCUT2D eigenvalue weighted by molar-refractivity contribution is 0.416. The molecule has 0 spiro atoms. The van der Waals surface area contributed by atoms with Crippen molar-refractivity contribution in [3.63, 3.8) is 0 Å². The highest BCUT2D eigenvalue weighted by Gasteiger charge is 2.06. The zero-order valence-corrected chi connectivity index (χ0v) is 9.21. The molecular weight excluding hydrogens is 204 g/mol. The minimum absolute atomic E-state index is 0.438. The number of aryl methyl sites for hydroxylation is 1. The van der Waals surface area contributed by atoms with Gasteiger partial charge in [-0.3, -0.25) is 0 Å². The van der Waals surface area contributed by atoms with E-state index in [0.717, 1.165) is 12.0 Å². The fourth-order valence-electron chi connectivity index (χ4n) is 1.05. The number of halogens is 1. The minimum atomic E-state index is 0.438. The van der Waals surface area contributed by atoms with Gasteiger partial charge in [-0.05, 0) is 36.3 Å². The quantitative estimate of drug-likeness (QED) is 0.700. The van der Waals surface area contributed by atoms with Crippen LogP contribution in [0.5, 0.6) is 0 Å². The van der Waals surface area contributed by atoms with E-state index in [4.69, 9.17) is 28.6 Å². The van der Waals surface area contributed by atoms with E-state index in [9.17, 15) is 0 Å². The van der Waals surface area contributed by atoms with Crippen LogP contribution >= 0.6 is 23.8 Å². The molecule has 0 radical (unpaired) electrons. The summed E-state index contributed by atoms with van der Waals surface area (Å²) in [5.74, 6) is 0. The van der Waals surface area contributed by atoms with Crippen LogP contribution in [0.2, 0.25) is 5.02 Å². The summed E-state index contributed by atoms with van der Waals surface area (Å²) >= 11 is 11.0. The Morgan fingerprint density at radius 3 is 2.69 bits per heavy atom. The smallest absolute Gasteiger partial charge is 0.192 e. The van der Waals surface area contributed by atoms with Gasteiger partial charge in [0, 0.05) is 5.56 Å². The first-order chi connectivity index (χ1) is 6.19. The number of benzene rings is 1. The van der Waals surface area contributed by atoms with Crippen LogP contribution in [0.15, 0.2) is 18.2 Å². The third-order valence-corrected chi connectivity index (χ3v) is 2.55. The van der Waals surface area contributed by atoms with E-state index in [1.54, 1.807) is 7.11 Å². The minimum Gasteiger partial charge on any atom is -0.486 e. The molecule has 0 aliphatic rings. The molecule has 0 heterocycles. The normalized spacial score (nSPS) is 9.77. The monoisotopic (exact) mass is 214 g/mol. The first-order valence-corrected chi connectivity index (χ1v) is 4.84. The molecule has 1 aromatic carbocycles.